The lowest BCUT2D eigenvalue weighted by molar-refractivity contribution is 0.0914. The van der Waals surface area contributed by atoms with Crippen molar-refractivity contribution in [2.45, 2.75) is 45.6 Å². The van der Waals surface area contributed by atoms with Gasteiger partial charge in [-0.05, 0) is 63.0 Å². The number of carbonyl (C=O) groups excluding carboxylic acids is 1. The molecule has 2 aliphatic carbocycles. The molecular weight excluding hydrogens is 317 g/mol. The first kappa shape index (κ1) is 16.3. The van der Waals surface area contributed by atoms with Crippen molar-refractivity contribution in [2.75, 3.05) is 0 Å². The second-order valence-corrected chi connectivity index (χ2v) is 7.61. The molecule has 0 aliphatic heterocycles. The largest absolute Gasteiger partial charge is 0.349 e. The van der Waals surface area contributed by atoms with Gasteiger partial charge in [-0.25, -0.2) is 9.07 Å². The van der Waals surface area contributed by atoms with E-state index in [1.165, 1.54) is 42.6 Å². The first-order valence-corrected chi connectivity index (χ1v) is 9.15. The zero-order valence-electron chi connectivity index (χ0n) is 14.7. The van der Waals surface area contributed by atoms with Gasteiger partial charge in [-0.3, -0.25) is 4.79 Å². The lowest BCUT2D eigenvalue weighted by Crippen LogP contribution is -2.40. The van der Waals surface area contributed by atoms with Crippen molar-refractivity contribution in [3.05, 3.63) is 47.5 Å². The predicted molar refractivity (Wildman–Crippen MR) is 94.1 cm³/mol. The Morgan fingerprint density at radius 3 is 2.80 bits per heavy atom. The van der Waals surface area contributed by atoms with Gasteiger partial charge >= 0.3 is 0 Å². The van der Waals surface area contributed by atoms with Gasteiger partial charge in [-0.15, -0.1) is 0 Å². The van der Waals surface area contributed by atoms with Gasteiger partial charge in [-0.2, -0.15) is 5.10 Å². The lowest BCUT2D eigenvalue weighted by atomic mass is 9.84. The lowest BCUT2D eigenvalue weighted by Gasteiger charge is -2.28. The predicted octanol–water partition coefficient (Wildman–Crippen LogP) is 3.87. The van der Waals surface area contributed by atoms with Crippen LogP contribution in [0.4, 0.5) is 4.39 Å². The number of nitrogens with one attached hydrogen (secondary N) is 1. The molecule has 5 heteroatoms. The standard InChI is InChI=1S/C20H24FN3O/c1-12(16-10-14-7-8-15(16)9-14)23-20(25)17-11-22-24(13(17)2)19-6-4-3-5-18(19)21/h3-6,11-12,14-16H,7-10H2,1-2H3,(H,23,25). The number of nitrogens with zero attached hydrogens (tertiary/aromatic N) is 2. The average Bonchev–Trinajstić information content (AvgIpc) is 3.30. The van der Waals surface area contributed by atoms with Crippen LogP contribution in [0.25, 0.3) is 5.69 Å². The minimum absolute atomic E-state index is 0.115. The van der Waals surface area contributed by atoms with Crippen molar-refractivity contribution in [2.24, 2.45) is 17.8 Å². The van der Waals surface area contributed by atoms with Gasteiger partial charge in [0.1, 0.15) is 11.5 Å². The van der Waals surface area contributed by atoms with E-state index in [-0.39, 0.29) is 17.8 Å². The summed E-state index contributed by atoms with van der Waals surface area (Å²) in [4.78, 5) is 12.7. The molecule has 0 radical (unpaired) electrons. The highest BCUT2D eigenvalue weighted by atomic mass is 19.1. The summed E-state index contributed by atoms with van der Waals surface area (Å²) < 4.78 is 15.5. The van der Waals surface area contributed by atoms with Gasteiger partial charge in [0.25, 0.3) is 5.91 Å². The van der Waals surface area contributed by atoms with Crippen molar-refractivity contribution < 1.29 is 9.18 Å². The van der Waals surface area contributed by atoms with Crippen LogP contribution >= 0.6 is 0 Å². The Bertz CT molecular complexity index is 800. The average molecular weight is 341 g/mol. The third-order valence-corrected chi connectivity index (χ3v) is 6.13. The van der Waals surface area contributed by atoms with Crippen molar-refractivity contribution in [3.8, 4) is 5.69 Å². The van der Waals surface area contributed by atoms with E-state index in [0.29, 0.717) is 22.9 Å². The highest BCUT2D eigenvalue weighted by molar-refractivity contribution is 5.95. The van der Waals surface area contributed by atoms with Crippen molar-refractivity contribution >= 4 is 5.91 Å². The Morgan fingerprint density at radius 2 is 2.12 bits per heavy atom. The van der Waals surface area contributed by atoms with Crippen LogP contribution in [0.15, 0.2) is 30.5 Å². The summed E-state index contributed by atoms with van der Waals surface area (Å²) in [5.74, 6) is 1.75. The summed E-state index contributed by atoms with van der Waals surface area (Å²) >= 11 is 0. The molecule has 132 valence electrons. The Labute approximate surface area is 147 Å². The molecule has 1 N–H and O–H groups in total. The zero-order valence-corrected chi connectivity index (χ0v) is 14.7. The molecule has 0 spiro atoms. The number of benzene rings is 1. The number of para-hydroxylation sites is 1. The number of fused-ring (bicyclic) bond motifs is 2. The highest BCUT2D eigenvalue weighted by Gasteiger charge is 2.42. The highest BCUT2D eigenvalue weighted by Crippen LogP contribution is 2.49. The topological polar surface area (TPSA) is 46.9 Å². The normalized spacial score (nSPS) is 26.0. The van der Waals surface area contributed by atoms with Crippen LogP contribution in [0, 0.1) is 30.5 Å². The molecule has 2 saturated carbocycles. The van der Waals surface area contributed by atoms with Crippen molar-refractivity contribution in [1.29, 1.82) is 0 Å². The quantitative estimate of drug-likeness (QED) is 0.917. The molecular formula is C20H24FN3O. The second kappa shape index (κ2) is 6.28. The molecule has 1 aromatic heterocycles. The molecule has 0 saturated heterocycles. The molecule has 1 amide bonds. The SMILES string of the molecule is Cc1c(C(=O)NC(C)C2CC3CCC2C3)cnn1-c1ccccc1F. The summed E-state index contributed by atoms with van der Waals surface area (Å²) in [6.45, 7) is 3.91. The van der Waals surface area contributed by atoms with Crippen LogP contribution < -0.4 is 5.32 Å². The van der Waals surface area contributed by atoms with E-state index in [4.69, 9.17) is 0 Å². The van der Waals surface area contributed by atoms with Gasteiger partial charge in [0.15, 0.2) is 0 Å². The number of amides is 1. The molecule has 25 heavy (non-hydrogen) atoms. The van der Waals surface area contributed by atoms with E-state index in [1.807, 2.05) is 0 Å². The molecule has 4 nitrogen and oxygen atoms in total. The van der Waals surface area contributed by atoms with Crippen molar-refractivity contribution in [1.82, 2.24) is 15.1 Å². The first-order chi connectivity index (χ1) is 12.0. The molecule has 4 unspecified atom stereocenters. The third kappa shape index (κ3) is 2.86. The van der Waals surface area contributed by atoms with Gasteiger partial charge in [-0.1, -0.05) is 18.6 Å². The molecule has 2 aromatic rings. The molecule has 4 atom stereocenters. The number of aromatic nitrogens is 2. The fraction of sp³-hybridized carbons (Fsp3) is 0.500. The van der Waals surface area contributed by atoms with Gasteiger partial charge < -0.3 is 5.32 Å². The maximum atomic E-state index is 14.0. The van der Waals surface area contributed by atoms with E-state index < -0.39 is 0 Å². The van der Waals surface area contributed by atoms with E-state index in [9.17, 15) is 9.18 Å². The number of carbonyl (C=O) groups is 1. The summed E-state index contributed by atoms with van der Waals surface area (Å²) in [6, 6.07) is 6.63. The van der Waals surface area contributed by atoms with Crippen LogP contribution in [0.5, 0.6) is 0 Å². The molecule has 1 heterocycles. The molecule has 2 fully saturated rings. The smallest absolute Gasteiger partial charge is 0.254 e. The summed E-state index contributed by atoms with van der Waals surface area (Å²) in [7, 11) is 0. The van der Waals surface area contributed by atoms with Gasteiger partial charge in [0.2, 0.25) is 0 Å². The van der Waals surface area contributed by atoms with E-state index in [0.717, 1.165) is 11.8 Å². The van der Waals surface area contributed by atoms with Crippen LogP contribution in [0.2, 0.25) is 0 Å². The fourth-order valence-corrected chi connectivity index (χ4v) is 4.80. The van der Waals surface area contributed by atoms with Crippen LogP contribution in [0.3, 0.4) is 0 Å². The zero-order chi connectivity index (χ0) is 17.6. The fourth-order valence-electron chi connectivity index (χ4n) is 4.80. The Kier molecular flexibility index (Phi) is 4.10. The molecule has 2 aliphatic rings. The van der Waals surface area contributed by atoms with Gasteiger partial charge in [0, 0.05) is 6.04 Å². The van der Waals surface area contributed by atoms with Crippen LogP contribution in [0.1, 0.15) is 48.7 Å². The van der Waals surface area contributed by atoms with Crippen LogP contribution in [-0.2, 0) is 0 Å². The number of rotatable bonds is 4. The second-order valence-electron chi connectivity index (χ2n) is 7.61. The molecule has 2 bridgehead atoms. The molecule has 4 rings (SSSR count). The summed E-state index contributed by atoms with van der Waals surface area (Å²) in [5, 5.41) is 7.38. The number of halogens is 1. The Balaban J connectivity index is 1.50. The first-order valence-electron chi connectivity index (χ1n) is 9.15. The third-order valence-electron chi connectivity index (χ3n) is 6.13. The Hall–Kier alpha value is -2.17. The number of hydrogen-bond donors (Lipinski definition) is 1. The minimum Gasteiger partial charge on any atom is -0.349 e. The Morgan fingerprint density at radius 1 is 1.32 bits per heavy atom. The monoisotopic (exact) mass is 341 g/mol. The number of hydrogen-bond acceptors (Lipinski definition) is 2. The molecule has 1 aromatic carbocycles. The maximum absolute atomic E-state index is 14.0. The van der Waals surface area contributed by atoms with Crippen molar-refractivity contribution in [3.63, 3.8) is 0 Å². The maximum Gasteiger partial charge on any atom is 0.254 e. The van der Waals surface area contributed by atoms with Crippen LogP contribution in [-0.4, -0.2) is 21.7 Å². The van der Waals surface area contributed by atoms with E-state index in [2.05, 4.69) is 17.3 Å². The van der Waals surface area contributed by atoms with E-state index in [1.54, 1.807) is 25.1 Å². The minimum atomic E-state index is -0.351. The summed E-state index contributed by atoms with van der Waals surface area (Å²) in [5.41, 5.74) is 1.53. The van der Waals surface area contributed by atoms with Gasteiger partial charge in [0.05, 0.1) is 17.5 Å². The summed E-state index contributed by atoms with van der Waals surface area (Å²) in [6.07, 6.45) is 6.76. The van der Waals surface area contributed by atoms with E-state index >= 15 is 0 Å².